The number of fused-ring (bicyclic) bond motifs is 1. The lowest BCUT2D eigenvalue weighted by atomic mass is 9.99. The van der Waals surface area contributed by atoms with Crippen molar-refractivity contribution in [2.75, 3.05) is 13.2 Å². The van der Waals surface area contributed by atoms with E-state index in [1.54, 1.807) is 18.7 Å². The fourth-order valence-corrected chi connectivity index (χ4v) is 2.78. The summed E-state index contributed by atoms with van der Waals surface area (Å²) < 4.78 is 5.65. The van der Waals surface area contributed by atoms with Crippen LogP contribution < -0.4 is 5.32 Å². The molecule has 1 saturated heterocycles. The van der Waals surface area contributed by atoms with Crippen LogP contribution in [0.15, 0.2) is 0 Å². The van der Waals surface area contributed by atoms with E-state index in [1.807, 2.05) is 0 Å². The number of hydrogen-bond donors (Lipinski definition) is 2. The van der Waals surface area contributed by atoms with Gasteiger partial charge in [-0.3, -0.25) is 0 Å². The van der Waals surface area contributed by atoms with Gasteiger partial charge < -0.3 is 20.1 Å². The Balaban J connectivity index is 2.04. The molecule has 3 unspecified atom stereocenters. The van der Waals surface area contributed by atoms with E-state index in [4.69, 9.17) is 4.74 Å². The van der Waals surface area contributed by atoms with Crippen molar-refractivity contribution in [3.05, 3.63) is 0 Å². The Morgan fingerprint density at radius 1 is 1.47 bits per heavy atom. The van der Waals surface area contributed by atoms with Crippen molar-refractivity contribution in [3.8, 4) is 0 Å². The second-order valence-corrected chi connectivity index (χ2v) is 5.52. The van der Waals surface area contributed by atoms with Gasteiger partial charge in [0.2, 0.25) is 0 Å². The third-order valence-electron chi connectivity index (χ3n) is 4.30. The quantitative estimate of drug-likeness (QED) is 0.807. The van der Waals surface area contributed by atoms with Crippen LogP contribution in [-0.2, 0) is 9.53 Å². The number of carbonyl (C=O) groups is 2. The van der Waals surface area contributed by atoms with Gasteiger partial charge in [0, 0.05) is 6.54 Å². The summed E-state index contributed by atoms with van der Waals surface area (Å²) in [5, 5.41) is 11.9. The molecule has 2 N–H and O–H groups in total. The Kier molecular flexibility index (Phi) is 3.99. The summed E-state index contributed by atoms with van der Waals surface area (Å²) in [5.41, 5.74) is -1.20. The lowest BCUT2D eigenvalue weighted by Gasteiger charge is -2.39. The molecule has 19 heavy (non-hydrogen) atoms. The molecule has 0 radical (unpaired) electrons. The Bertz CT molecular complexity index is 374. The van der Waals surface area contributed by atoms with Gasteiger partial charge in [0.1, 0.15) is 5.54 Å². The molecule has 2 aliphatic rings. The van der Waals surface area contributed by atoms with E-state index in [-0.39, 0.29) is 18.2 Å². The van der Waals surface area contributed by atoms with Gasteiger partial charge >= 0.3 is 12.0 Å². The number of amides is 2. The van der Waals surface area contributed by atoms with Crippen LogP contribution in [0.3, 0.4) is 0 Å². The first-order valence-corrected chi connectivity index (χ1v) is 6.91. The molecule has 0 aromatic rings. The lowest BCUT2D eigenvalue weighted by Crippen LogP contribution is -2.60. The van der Waals surface area contributed by atoms with Gasteiger partial charge in [-0.15, -0.1) is 0 Å². The molecular formula is C13H22N2O4. The summed E-state index contributed by atoms with van der Waals surface area (Å²) in [5.74, 6) is -1.00. The van der Waals surface area contributed by atoms with E-state index in [0.717, 1.165) is 19.3 Å². The minimum atomic E-state index is -1.20. The van der Waals surface area contributed by atoms with E-state index in [2.05, 4.69) is 5.32 Å². The number of hydrogen-bond acceptors (Lipinski definition) is 3. The van der Waals surface area contributed by atoms with Crippen LogP contribution in [0.1, 0.15) is 39.5 Å². The van der Waals surface area contributed by atoms with Gasteiger partial charge in [0.25, 0.3) is 0 Å². The normalized spacial score (nSPS) is 29.5. The largest absolute Gasteiger partial charge is 0.480 e. The molecule has 2 rings (SSSR count). The SMILES string of the molecule is CCC(C)(NC(=O)N1CCOC2CCCC21)C(=O)O. The monoisotopic (exact) mass is 270 g/mol. The highest BCUT2D eigenvalue weighted by Crippen LogP contribution is 2.29. The van der Waals surface area contributed by atoms with Crippen LogP contribution in [-0.4, -0.2) is 52.8 Å². The molecule has 0 aromatic heterocycles. The van der Waals surface area contributed by atoms with E-state index in [0.29, 0.717) is 19.6 Å². The number of carbonyl (C=O) groups excluding carboxylic acids is 1. The maximum atomic E-state index is 12.3. The molecular weight excluding hydrogens is 248 g/mol. The molecule has 6 nitrogen and oxygen atoms in total. The van der Waals surface area contributed by atoms with Crippen molar-refractivity contribution in [1.29, 1.82) is 0 Å². The third-order valence-corrected chi connectivity index (χ3v) is 4.30. The van der Waals surface area contributed by atoms with Gasteiger partial charge in [0.05, 0.1) is 18.8 Å². The van der Waals surface area contributed by atoms with Crippen molar-refractivity contribution in [1.82, 2.24) is 10.2 Å². The number of ether oxygens (including phenoxy) is 1. The molecule has 1 aliphatic carbocycles. The smallest absolute Gasteiger partial charge is 0.329 e. The predicted molar refractivity (Wildman–Crippen MR) is 68.9 cm³/mol. The average molecular weight is 270 g/mol. The predicted octanol–water partition coefficient (Wildman–Crippen LogP) is 1.20. The van der Waals surface area contributed by atoms with Crippen LogP contribution in [0, 0.1) is 0 Å². The number of carboxylic acids is 1. The second kappa shape index (κ2) is 5.36. The van der Waals surface area contributed by atoms with Crippen LogP contribution >= 0.6 is 0 Å². The summed E-state index contributed by atoms with van der Waals surface area (Å²) in [7, 11) is 0. The van der Waals surface area contributed by atoms with Gasteiger partial charge in [-0.2, -0.15) is 0 Å². The third kappa shape index (κ3) is 2.68. The number of nitrogens with one attached hydrogen (secondary N) is 1. The maximum absolute atomic E-state index is 12.3. The molecule has 0 bridgehead atoms. The summed E-state index contributed by atoms with van der Waals surface area (Å²) in [6, 6.07) is -0.185. The zero-order valence-electron chi connectivity index (χ0n) is 11.5. The topological polar surface area (TPSA) is 78.9 Å². The van der Waals surface area contributed by atoms with Gasteiger partial charge in [-0.25, -0.2) is 9.59 Å². The summed E-state index contributed by atoms with van der Waals surface area (Å²) in [4.78, 5) is 25.3. The van der Waals surface area contributed by atoms with Crippen molar-refractivity contribution >= 4 is 12.0 Å². The standard InChI is InChI=1S/C13H22N2O4/c1-3-13(2,11(16)17)14-12(18)15-7-8-19-10-6-4-5-9(10)15/h9-10H,3-8H2,1-2H3,(H,14,18)(H,16,17). The van der Waals surface area contributed by atoms with Gasteiger partial charge in [-0.05, 0) is 32.6 Å². The van der Waals surface area contributed by atoms with Crippen molar-refractivity contribution in [2.24, 2.45) is 0 Å². The van der Waals surface area contributed by atoms with Crippen molar-refractivity contribution in [3.63, 3.8) is 0 Å². The number of morpholine rings is 1. The fraction of sp³-hybridized carbons (Fsp3) is 0.846. The summed E-state index contributed by atoms with van der Waals surface area (Å²) in [6.45, 7) is 4.36. The van der Waals surface area contributed by atoms with Gasteiger partial charge in [-0.1, -0.05) is 6.92 Å². The Morgan fingerprint density at radius 2 is 2.21 bits per heavy atom. The summed E-state index contributed by atoms with van der Waals surface area (Å²) in [6.07, 6.45) is 3.46. The Hall–Kier alpha value is -1.30. The Morgan fingerprint density at radius 3 is 2.84 bits per heavy atom. The van der Waals surface area contributed by atoms with Crippen molar-refractivity contribution < 1.29 is 19.4 Å². The zero-order chi connectivity index (χ0) is 14.0. The molecule has 1 saturated carbocycles. The molecule has 0 spiro atoms. The molecule has 0 aromatic carbocycles. The number of nitrogens with zero attached hydrogens (tertiary/aromatic N) is 1. The average Bonchev–Trinajstić information content (AvgIpc) is 2.86. The van der Waals surface area contributed by atoms with Crippen LogP contribution in [0.4, 0.5) is 4.79 Å². The highest BCUT2D eigenvalue weighted by atomic mass is 16.5. The minimum Gasteiger partial charge on any atom is -0.480 e. The number of urea groups is 1. The molecule has 2 fully saturated rings. The number of rotatable bonds is 3. The molecule has 3 atom stereocenters. The van der Waals surface area contributed by atoms with Crippen LogP contribution in [0.5, 0.6) is 0 Å². The van der Waals surface area contributed by atoms with Gasteiger partial charge in [0.15, 0.2) is 0 Å². The highest BCUT2D eigenvalue weighted by molar-refractivity contribution is 5.86. The van der Waals surface area contributed by atoms with Crippen LogP contribution in [0.2, 0.25) is 0 Å². The zero-order valence-corrected chi connectivity index (χ0v) is 11.5. The fourth-order valence-electron chi connectivity index (χ4n) is 2.78. The van der Waals surface area contributed by atoms with E-state index < -0.39 is 11.5 Å². The van der Waals surface area contributed by atoms with Crippen LogP contribution in [0.25, 0.3) is 0 Å². The number of carboxylic acid groups (broad SMARTS) is 1. The molecule has 1 heterocycles. The maximum Gasteiger partial charge on any atom is 0.329 e. The molecule has 6 heteroatoms. The first-order valence-electron chi connectivity index (χ1n) is 6.91. The number of aliphatic carboxylic acids is 1. The molecule has 2 amide bonds. The van der Waals surface area contributed by atoms with E-state index in [9.17, 15) is 14.7 Å². The second-order valence-electron chi connectivity index (χ2n) is 5.52. The highest BCUT2D eigenvalue weighted by Gasteiger charge is 2.41. The Labute approximate surface area is 113 Å². The molecule has 1 aliphatic heterocycles. The molecule has 108 valence electrons. The van der Waals surface area contributed by atoms with E-state index in [1.165, 1.54) is 0 Å². The first kappa shape index (κ1) is 14.1. The lowest BCUT2D eigenvalue weighted by molar-refractivity contribution is -0.144. The first-order chi connectivity index (χ1) is 8.98. The summed E-state index contributed by atoms with van der Waals surface area (Å²) >= 11 is 0. The minimum absolute atomic E-state index is 0.101. The van der Waals surface area contributed by atoms with Crippen molar-refractivity contribution in [2.45, 2.75) is 57.2 Å². The van der Waals surface area contributed by atoms with E-state index >= 15 is 0 Å².